The number of carbonyl (C=O) groups is 2. The maximum absolute atomic E-state index is 13.2. The van der Waals surface area contributed by atoms with Crippen LogP contribution in [0.3, 0.4) is 0 Å². The molecule has 0 aliphatic rings. The quantitative estimate of drug-likeness (QED) is 0.440. The largest absolute Gasteiger partial charge is 0.449 e. The topological polar surface area (TPSA) is 89.8 Å². The number of rotatable bonds is 6. The van der Waals surface area contributed by atoms with E-state index in [1.54, 1.807) is 12.1 Å². The highest BCUT2D eigenvalue weighted by molar-refractivity contribution is 5.92. The van der Waals surface area contributed by atoms with Gasteiger partial charge in [-0.3, -0.25) is 14.9 Å². The van der Waals surface area contributed by atoms with Gasteiger partial charge < -0.3 is 9.64 Å². The summed E-state index contributed by atoms with van der Waals surface area (Å²) in [6.07, 6.45) is -1.06. The molecule has 0 bridgehead atoms. The van der Waals surface area contributed by atoms with Gasteiger partial charge in [-0.2, -0.15) is 0 Å². The summed E-state index contributed by atoms with van der Waals surface area (Å²) < 4.78 is 18.4. The van der Waals surface area contributed by atoms with E-state index in [1.165, 1.54) is 56.1 Å². The van der Waals surface area contributed by atoms with Gasteiger partial charge in [0.25, 0.3) is 11.6 Å². The summed E-state index contributed by atoms with van der Waals surface area (Å²) in [5.41, 5.74) is 0.933. The molecule has 0 heterocycles. The van der Waals surface area contributed by atoms with Gasteiger partial charge in [0.15, 0.2) is 6.10 Å². The molecule has 0 saturated heterocycles. The van der Waals surface area contributed by atoms with Gasteiger partial charge in [0.1, 0.15) is 5.82 Å². The van der Waals surface area contributed by atoms with E-state index in [1.807, 2.05) is 0 Å². The fourth-order valence-electron chi connectivity index (χ4n) is 2.56. The minimum absolute atomic E-state index is 0.106. The number of hydrogen-bond acceptors (Lipinski definition) is 5. The molecule has 8 heteroatoms. The maximum Gasteiger partial charge on any atom is 0.338 e. The first kappa shape index (κ1) is 20.0. The van der Waals surface area contributed by atoms with Gasteiger partial charge in [-0.1, -0.05) is 12.1 Å². The number of benzene rings is 2. The number of ether oxygens (including phenoxy) is 1. The van der Waals surface area contributed by atoms with Crippen molar-refractivity contribution in [3.63, 3.8) is 0 Å². The predicted molar refractivity (Wildman–Crippen MR) is 95.6 cm³/mol. The molecule has 7 nitrogen and oxygen atoms in total. The highest BCUT2D eigenvalue weighted by Gasteiger charge is 2.23. The fraction of sp³-hybridized carbons (Fsp3) is 0.263. The second-order valence-electron chi connectivity index (χ2n) is 6.13. The summed E-state index contributed by atoms with van der Waals surface area (Å²) in [6, 6.07) is 9.69. The van der Waals surface area contributed by atoms with Crippen molar-refractivity contribution < 1.29 is 23.6 Å². The number of nitro benzene ring substituents is 1. The number of hydrogen-bond donors (Lipinski definition) is 0. The van der Waals surface area contributed by atoms with E-state index < -0.39 is 28.7 Å². The molecule has 27 heavy (non-hydrogen) atoms. The Kier molecular flexibility index (Phi) is 6.23. The lowest BCUT2D eigenvalue weighted by Crippen LogP contribution is -2.37. The summed E-state index contributed by atoms with van der Waals surface area (Å²) in [5, 5.41) is 10.8. The first-order valence-electron chi connectivity index (χ1n) is 8.14. The first-order valence-corrected chi connectivity index (χ1v) is 8.14. The molecule has 0 spiro atoms. The smallest absolute Gasteiger partial charge is 0.338 e. The third kappa shape index (κ3) is 5.10. The first-order chi connectivity index (χ1) is 12.7. The van der Waals surface area contributed by atoms with Crippen molar-refractivity contribution in [1.82, 2.24) is 4.90 Å². The zero-order chi connectivity index (χ0) is 20.1. The van der Waals surface area contributed by atoms with Crippen LogP contribution in [0.25, 0.3) is 0 Å². The molecule has 2 aromatic rings. The molecule has 0 aliphatic heterocycles. The SMILES string of the molecule is Cc1cc(C(=O)O[C@H](C)C(=O)N(C)Cc2cccc(F)c2)ccc1[N+](=O)[O-]. The molecule has 1 atom stereocenters. The van der Waals surface area contributed by atoms with Crippen LogP contribution >= 0.6 is 0 Å². The van der Waals surface area contributed by atoms with Crippen LogP contribution in [0, 0.1) is 22.9 Å². The second kappa shape index (κ2) is 8.39. The van der Waals surface area contributed by atoms with Crippen molar-refractivity contribution in [1.29, 1.82) is 0 Å². The summed E-state index contributed by atoms with van der Waals surface area (Å²) >= 11 is 0. The zero-order valence-corrected chi connectivity index (χ0v) is 15.1. The average molecular weight is 374 g/mol. The van der Waals surface area contributed by atoms with Crippen molar-refractivity contribution in [2.45, 2.75) is 26.5 Å². The number of likely N-dealkylation sites (N-methyl/N-ethyl adjacent to an activating group) is 1. The van der Waals surface area contributed by atoms with Gasteiger partial charge in [-0.05, 0) is 43.7 Å². The van der Waals surface area contributed by atoms with Gasteiger partial charge >= 0.3 is 5.97 Å². The van der Waals surface area contributed by atoms with Crippen LogP contribution < -0.4 is 0 Å². The number of aryl methyl sites for hydroxylation is 1. The van der Waals surface area contributed by atoms with Crippen molar-refractivity contribution in [2.24, 2.45) is 0 Å². The van der Waals surface area contributed by atoms with Crippen LogP contribution in [0.2, 0.25) is 0 Å². The van der Waals surface area contributed by atoms with E-state index >= 15 is 0 Å². The van der Waals surface area contributed by atoms with Crippen LogP contribution in [0.1, 0.15) is 28.4 Å². The standard InChI is InChI=1S/C19H19FN2O5/c1-12-9-15(7-8-17(12)22(25)26)19(24)27-13(2)18(23)21(3)11-14-5-4-6-16(20)10-14/h4-10,13H,11H2,1-3H3/t13-/m1/s1. The Balaban J connectivity index is 2.01. The minimum atomic E-state index is -1.06. The van der Waals surface area contributed by atoms with Crippen LogP contribution in [0.15, 0.2) is 42.5 Å². The average Bonchev–Trinajstić information content (AvgIpc) is 2.60. The molecule has 0 N–H and O–H groups in total. The Morgan fingerprint density at radius 3 is 2.56 bits per heavy atom. The molecular formula is C19H19FN2O5. The van der Waals surface area contributed by atoms with Gasteiger partial charge in [0.2, 0.25) is 0 Å². The molecular weight excluding hydrogens is 355 g/mol. The van der Waals surface area contributed by atoms with E-state index in [0.717, 1.165) is 0 Å². The van der Waals surface area contributed by atoms with Crippen LogP contribution in [0.5, 0.6) is 0 Å². The number of esters is 1. The number of halogens is 1. The summed E-state index contributed by atoms with van der Waals surface area (Å²) in [4.78, 5) is 36.2. The Bertz CT molecular complexity index is 884. The van der Waals surface area contributed by atoms with E-state index in [4.69, 9.17) is 4.74 Å². The lowest BCUT2D eigenvalue weighted by Gasteiger charge is -2.21. The van der Waals surface area contributed by atoms with E-state index in [2.05, 4.69) is 0 Å². The van der Waals surface area contributed by atoms with Crippen LogP contribution in [-0.4, -0.2) is 34.9 Å². The zero-order valence-electron chi connectivity index (χ0n) is 15.1. The van der Waals surface area contributed by atoms with Crippen molar-refractivity contribution in [2.75, 3.05) is 7.05 Å². The third-order valence-corrected chi connectivity index (χ3v) is 3.95. The molecule has 0 saturated carbocycles. The number of nitro groups is 1. The normalized spacial score (nSPS) is 11.6. The Morgan fingerprint density at radius 2 is 1.96 bits per heavy atom. The maximum atomic E-state index is 13.2. The van der Waals surface area contributed by atoms with Gasteiger partial charge in [0, 0.05) is 25.2 Å². The minimum Gasteiger partial charge on any atom is -0.449 e. The van der Waals surface area contributed by atoms with Crippen molar-refractivity contribution >= 4 is 17.6 Å². The van der Waals surface area contributed by atoms with Gasteiger partial charge in [-0.25, -0.2) is 9.18 Å². The molecule has 142 valence electrons. The molecule has 0 fully saturated rings. The van der Waals surface area contributed by atoms with Crippen LogP contribution in [0.4, 0.5) is 10.1 Å². The molecule has 0 aliphatic carbocycles. The number of nitrogens with zero attached hydrogens (tertiary/aromatic N) is 2. The van der Waals surface area contributed by atoms with Gasteiger partial charge in [-0.15, -0.1) is 0 Å². The molecule has 0 radical (unpaired) electrons. The third-order valence-electron chi connectivity index (χ3n) is 3.95. The predicted octanol–water partition coefficient (Wildman–Crippen LogP) is 3.25. The number of carbonyl (C=O) groups excluding carboxylic acids is 2. The van der Waals surface area contributed by atoms with Gasteiger partial charge in [0.05, 0.1) is 10.5 Å². The molecule has 1 amide bonds. The highest BCUT2D eigenvalue weighted by atomic mass is 19.1. The lowest BCUT2D eigenvalue weighted by atomic mass is 10.1. The van der Waals surface area contributed by atoms with Crippen LogP contribution in [-0.2, 0) is 16.1 Å². The highest BCUT2D eigenvalue weighted by Crippen LogP contribution is 2.19. The number of amides is 1. The van der Waals surface area contributed by atoms with Crippen molar-refractivity contribution in [3.8, 4) is 0 Å². The molecule has 2 aromatic carbocycles. The Morgan fingerprint density at radius 1 is 1.26 bits per heavy atom. The van der Waals surface area contributed by atoms with E-state index in [0.29, 0.717) is 11.1 Å². The van der Waals surface area contributed by atoms with E-state index in [9.17, 15) is 24.1 Å². The molecule has 0 unspecified atom stereocenters. The monoisotopic (exact) mass is 374 g/mol. The van der Waals surface area contributed by atoms with Crippen molar-refractivity contribution in [3.05, 3.63) is 75.1 Å². The second-order valence-corrected chi connectivity index (χ2v) is 6.13. The molecule has 0 aromatic heterocycles. The summed E-state index contributed by atoms with van der Waals surface area (Å²) in [7, 11) is 1.52. The summed E-state index contributed by atoms with van der Waals surface area (Å²) in [5.74, 6) is -1.61. The lowest BCUT2D eigenvalue weighted by molar-refractivity contribution is -0.385. The van der Waals surface area contributed by atoms with E-state index in [-0.39, 0.29) is 17.8 Å². The fourth-order valence-corrected chi connectivity index (χ4v) is 2.56. The summed E-state index contributed by atoms with van der Waals surface area (Å²) in [6.45, 7) is 3.10. The Labute approximate surface area is 155 Å². The molecule has 2 rings (SSSR count). The Hall–Kier alpha value is -3.29.